The van der Waals surface area contributed by atoms with Crippen molar-refractivity contribution in [3.8, 4) is 22.3 Å². The lowest BCUT2D eigenvalue weighted by molar-refractivity contribution is 1.02. The Hall–Kier alpha value is -5.60. The van der Waals surface area contributed by atoms with Gasteiger partial charge in [-0.2, -0.15) is 0 Å². The van der Waals surface area contributed by atoms with E-state index in [0.29, 0.717) is 0 Å². The van der Waals surface area contributed by atoms with Crippen LogP contribution in [0, 0.1) is 0 Å². The molecule has 1 unspecified atom stereocenters. The van der Waals surface area contributed by atoms with E-state index < -0.39 is 0 Å². The van der Waals surface area contributed by atoms with E-state index >= 15 is 0 Å². The predicted octanol–water partition coefficient (Wildman–Crippen LogP) is 10.7. The molecule has 0 spiro atoms. The van der Waals surface area contributed by atoms with Gasteiger partial charge in [0.2, 0.25) is 0 Å². The van der Waals surface area contributed by atoms with Crippen molar-refractivity contribution in [1.82, 2.24) is 0 Å². The van der Waals surface area contributed by atoms with Gasteiger partial charge in [0.1, 0.15) is 0 Å². The normalized spacial score (nSPS) is 13.4. The van der Waals surface area contributed by atoms with Crippen molar-refractivity contribution >= 4 is 33.5 Å². The van der Waals surface area contributed by atoms with Crippen LogP contribution in [-0.4, -0.2) is 0 Å². The Morgan fingerprint density at radius 2 is 1.09 bits per heavy atom. The average Bonchev–Trinajstić information content (AvgIpc) is 3.40. The van der Waals surface area contributed by atoms with E-state index in [4.69, 9.17) is 5.73 Å². The first-order valence-corrected chi connectivity index (χ1v) is 14.8. The van der Waals surface area contributed by atoms with Crippen LogP contribution in [0.1, 0.15) is 22.6 Å². The number of benzene rings is 7. The van der Waals surface area contributed by atoms with Crippen molar-refractivity contribution in [2.45, 2.75) is 5.92 Å². The minimum Gasteiger partial charge on any atom is -0.397 e. The van der Waals surface area contributed by atoms with Gasteiger partial charge in [0, 0.05) is 17.3 Å². The molecule has 0 saturated carbocycles. The Balaban J connectivity index is 1.21. The zero-order valence-corrected chi connectivity index (χ0v) is 23.7. The quantitative estimate of drug-likeness (QED) is 0.216. The lowest BCUT2D eigenvalue weighted by Crippen LogP contribution is -2.12. The largest absolute Gasteiger partial charge is 0.397 e. The van der Waals surface area contributed by atoms with Crippen molar-refractivity contribution in [2.75, 3.05) is 10.6 Å². The molecule has 7 aromatic rings. The van der Waals surface area contributed by atoms with Gasteiger partial charge in [0.05, 0.1) is 11.4 Å². The van der Waals surface area contributed by atoms with Gasteiger partial charge in [-0.15, -0.1) is 0 Å². The van der Waals surface area contributed by atoms with Gasteiger partial charge < -0.3 is 10.6 Å². The first-order chi connectivity index (χ1) is 21.2. The summed E-state index contributed by atoms with van der Waals surface area (Å²) in [6, 6.07) is 58.4. The topological polar surface area (TPSA) is 29.3 Å². The number of nitrogens with zero attached hydrogens (tertiary/aromatic N) is 1. The van der Waals surface area contributed by atoms with E-state index in [1.54, 1.807) is 0 Å². The maximum atomic E-state index is 6.89. The number of fused-ring (bicyclic) bond motifs is 4. The third kappa shape index (κ3) is 4.36. The van der Waals surface area contributed by atoms with Crippen LogP contribution in [0.3, 0.4) is 0 Å². The van der Waals surface area contributed by atoms with Crippen LogP contribution >= 0.6 is 0 Å². The summed E-state index contributed by atoms with van der Waals surface area (Å²) in [5.41, 5.74) is 19.7. The van der Waals surface area contributed by atoms with Crippen LogP contribution in [0.4, 0.5) is 22.7 Å². The van der Waals surface area contributed by atoms with Gasteiger partial charge in [-0.05, 0) is 92.2 Å². The van der Waals surface area contributed by atoms with Gasteiger partial charge in [-0.3, -0.25) is 0 Å². The molecule has 8 rings (SSSR count). The molecule has 0 amide bonds. The number of hydrogen-bond donors (Lipinski definition) is 1. The molecule has 0 bridgehead atoms. The van der Waals surface area contributed by atoms with Crippen LogP contribution in [-0.2, 0) is 0 Å². The Kier molecular flexibility index (Phi) is 6.05. The molecule has 0 heterocycles. The zero-order chi connectivity index (χ0) is 28.8. The number of nitrogens with two attached hydrogens (primary N) is 1. The maximum Gasteiger partial charge on any atom is 0.0691 e. The summed E-state index contributed by atoms with van der Waals surface area (Å²) < 4.78 is 0. The summed E-state index contributed by atoms with van der Waals surface area (Å²) in [7, 11) is 0. The highest BCUT2D eigenvalue weighted by Crippen LogP contribution is 2.49. The summed E-state index contributed by atoms with van der Waals surface area (Å²) in [4.78, 5) is 2.24. The zero-order valence-electron chi connectivity index (χ0n) is 23.7. The SMILES string of the molecule is Nc1cc(-c2ccc3c(c2)-c2ccccc2C3c2ccccc2)ccc1N(c1ccccc1)c1ccc2ccccc2c1. The first kappa shape index (κ1) is 25.1. The van der Waals surface area contributed by atoms with Crippen LogP contribution in [0.25, 0.3) is 33.0 Å². The third-order valence-corrected chi connectivity index (χ3v) is 8.67. The number of para-hydroxylation sites is 1. The van der Waals surface area contributed by atoms with Crippen LogP contribution in [0.15, 0.2) is 164 Å². The highest BCUT2D eigenvalue weighted by molar-refractivity contribution is 5.92. The molecule has 2 nitrogen and oxygen atoms in total. The predicted molar refractivity (Wildman–Crippen MR) is 181 cm³/mol. The standard InChI is InChI=1S/C41H30N2/c42-39-27-32(31-20-23-37-38(26-31)35-17-9-10-18-36(35)41(37)29-12-3-1-4-13-29)21-24-40(39)43(33-15-5-2-6-16-33)34-22-19-28-11-7-8-14-30(28)25-34/h1-27,41H,42H2. The number of rotatable bonds is 5. The molecular formula is C41H30N2. The smallest absolute Gasteiger partial charge is 0.0691 e. The van der Waals surface area contributed by atoms with Gasteiger partial charge in [-0.1, -0.05) is 121 Å². The number of nitrogen functional groups attached to an aromatic ring is 1. The Labute approximate surface area is 252 Å². The fourth-order valence-corrected chi connectivity index (χ4v) is 6.64. The fraction of sp³-hybridized carbons (Fsp3) is 0.0244. The van der Waals surface area contributed by atoms with Crippen molar-refractivity contribution in [3.05, 3.63) is 180 Å². The second-order valence-corrected chi connectivity index (χ2v) is 11.2. The first-order valence-electron chi connectivity index (χ1n) is 14.8. The van der Waals surface area contributed by atoms with E-state index in [0.717, 1.165) is 33.9 Å². The summed E-state index contributed by atoms with van der Waals surface area (Å²) in [6.07, 6.45) is 0. The minimum absolute atomic E-state index is 0.246. The van der Waals surface area contributed by atoms with E-state index in [-0.39, 0.29) is 5.92 Å². The maximum absolute atomic E-state index is 6.89. The van der Waals surface area contributed by atoms with Crippen molar-refractivity contribution in [3.63, 3.8) is 0 Å². The molecule has 0 fully saturated rings. The highest BCUT2D eigenvalue weighted by atomic mass is 15.1. The second-order valence-electron chi connectivity index (χ2n) is 11.2. The molecule has 0 aliphatic heterocycles. The average molecular weight is 551 g/mol. The van der Waals surface area contributed by atoms with Gasteiger partial charge in [0.25, 0.3) is 0 Å². The molecule has 204 valence electrons. The monoisotopic (exact) mass is 550 g/mol. The lowest BCUT2D eigenvalue weighted by atomic mass is 9.89. The third-order valence-electron chi connectivity index (χ3n) is 8.67. The Bertz CT molecular complexity index is 2100. The molecule has 0 aromatic heterocycles. The van der Waals surface area contributed by atoms with Crippen LogP contribution in [0.5, 0.6) is 0 Å². The van der Waals surface area contributed by atoms with Gasteiger partial charge in [-0.25, -0.2) is 0 Å². The van der Waals surface area contributed by atoms with E-state index in [1.165, 1.54) is 38.6 Å². The molecule has 1 aliphatic rings. The molecule has 2 heteroatoms. The molecule has 43 heavy (non-hydrogen) atoms. The Morgan fingerprint density at radius 3 is 1.91 bits per heavy atom. The fourth-order valence-electron chi connectivity index (χ4n) is 6.64. The van der Waals surface area contributed by atoms with Gasteiger partial charge >= 0.3 is 0 Å². The van der Waals surface area contributed by atoms with Crippen molar-refractivity contribution < 1.29 is 0 Å². The number of anilines is 4. The minimum atomic E-state index is 0.246. The Morgan fingerprint density at radius 1 is 0.442 bits per heavy atom. The van der Waals surface area contributed by atoms with E-state index in [1.807, 2.05) is 6.07 Å². The van der Waals surface area contributed by atoms with Crippen LogP contribution in [0.2, 0.25) is 0 Å². The van der Waals surface area contributed by atoms with Crippen molar-refractivity contribution in [2.24, 2.45) is 0 Å². The molecule has 0 radical (unpaired) electrons. The van der Waals surface area contributed by atoms with Crippen molar-refractivity contribution in [1.29, 1.82) is 0 Å². The molecule has 7 aromatic carbocycles. The molecule has 1 atom stereocenters. The van der Waals surface area contributed by atoms with E-state index in [2.05, 4.69) is 163 Å². The molecule has 0 saturated heterocycles. The highest BCUT2D eigenvalue weighted by Gasteiger charge is 2.29. The summed E-state index contributed by atoms with van der Waals surface area (Å²) in [6.45, 7) is 0. The number of hydrogen-bond acceptors (Lipinski definition) is 2. The second kappa shape index (κ2) is 10.3. The molecular weight excluding hydrogens is 520 g/mol. The summed E-state index contributed by atoms with van der Waals surface area (Å²) in [5.74, 6) is 0.246. The summed E-state index contributed by atoms with van der Waals surface area (Å²) >= 11 is 0. The van der Waals surface area contributed by atoms with Crippen LogP contribution < -0.4 is 10.6 Å². The lowest BCUT2D eigenvalue weighted by Gasteiger charge is -2.27. The summed E-state index contributed by atoms with van der Waals surface area (Å²) in [5, 5.41) is 2.42. The molecule has 2 N–H and O–H groups in total. The molecule has 1 aliphatic carbocycles. The van der Waals surface area contributed by atoms with Gasteiger partial charge in [0.15, 0.2) is 0 Å². The van der Waals surface area contributed by atoms with E-state index in [9.17, 15) is 0 Å².